The minimum Gasteiger partial charge on any atom is -0.383 e. The molecule has 3 heterocycles. The van der Waals surface area contributed by atoms with Crippen LogP contribution < -0.4 is 5.56 Å². The number of aromatic amines is 1. The molecule has 0 aliphatic heterocycles. The SMILES string of the molecule is COCCn1c(SCc2nc3sc4c(c3c(=O)[nH]2)CCCC4)nnc1-c1ccc(Cl)cc1. The first kappa shape index (κ1) is 21.6. The largest absolute Gasteiger partial charge is 0.383 e. The van der Waals surface area contributed by atoms with E-state index in [0.717, 1.165) is 46.0 Å². The number of halogens is 1. The molecule has 1 aliphatic carbocycles. The highest BCUT2D eigenvalue weighted by atomic mass is 35.5. The molecule has 0 spiro atoms. The summed E-state index contributed by atoms with van der Waals surface area (Å²) in [6.07, 6.45) is 4.36. The summed E-state index contributed by atoms with van der Waals surface area (Å²) in [4.78, 5) is 22.7. The first-order chi connectivity index (χ1) is 15.6. The number of hydrogen-bond donors (Lipinski definition) is 1. The summed E-state index contributed by atoms with van der Waals surface area (Å²) in [6, 6.07) is 7.53. The molecular formula is C22H22ClN5O2S2. The highest BCUT2D eigenvalue weighted by Crippen LogP contribution is 2.34. The lowest BCUT2D eigenvalue weighted by molar-refractivity contribution is 0.185. The van der Waals surface area contributed by atoms with Gasteiger partial charge in [-0.3, -0.25) is 9.36 Å². The molecule has 0 saturated heterocycles. The third-order valence-corrected chi connectivity index (χ3v) is 7.97. The van der Waals surface area contributed by atoms with Gasteiger partial charge in [0.15, 0.2) is 11.0 Å². The molecule has 0 bridgehead atoms. The third-order valence-electron chi connectivity index (χ3n) is 5.55. The zero-order valence-corrected chi connectivity index (χ0v) is 19.9. The minimum atomic E-state index is -0.0345. The van der Waals surface area contributed by atoms with E-state index < -0.39 is 0 Å². The van der Waals surface area contributed by atoms with E-state index in [-0.39, 0.29) is 5.56 Å². The first-order valence-corrected chi connectivity index (χ1v) is 12.7. The molecule has 0 atom stereocenters. The number of fused-ring (bicyclic) bond motifs is 3. The molecule has 3 aromatic heterocycles. The van der Waals surface area contributed by atoms with Gasteiger partial charge in [-0.25, -0.2) is 4.98 Å². The summed E-state index contributed by atoms with van der Waals surface area (Å²) >= 11 is 9.20. The van der Waals surface area contributed by atoms with Crippen LogP contribution >= 0.6 is 34.7 Å². The van der Waals surface area contributed by atoms with Crippen molar-refractivity contribution >= 4 is 44.9 Å². The second-order valence-corrected chi connectivity index (χ2v) is 10.1. The fraction of sp³-hybridized carbons (Fsp3) is 0.364. The van der Waals surface area contributed by atoms with Gasteiger partial charge in [-0.15, -0.1) is 21.5 Å². The van der Waals surface area contributed by atoms with E-state index in [1.165, 1.54) is 28.6 Å². The van der Waals surface area contributed by atoms with Crippen LogP contribution in [0.4, 0.5) is 0 Å². The molecule has 5 rings (SSSR count). The van der Waals surface area contributed by atoms with E-state index in [4.69, 9.17) is 21.3 Å². The molecule has 0 unspecified atom stereocenters. The lowest BCUT2D eigenvalue weighted by Gasteiger charge is -2.10. The van der Waals surface area contributed by atoms with Crippen molar-refractivity contribution in [3.8, 4) is 11.4 Å². The fourth-order valence-corrected chi connectivity index (χ4v) is 6.24. The molecular weight excluding hydrogens is 466 g/mol. The summed E-state index contributed by atoms with van der Waals surface area (Å²) in [6.45, 7) is 1.15. The van der Waals surface area contributed by atoms with Gasteiger partial charge in [0.2, 0.25) is 0 Å². The van der Waals surface area contributed by atoms with E-state index in [1.807, 2.05) is 28.8 Å². The van der Waals surface area contributed by atoms with Crippen LogP contribution in [0.15, 0.2) is 34.2 Å². The Morgan fingerprint density at radius 2 is 2.03 bits per heavy atom. The monoisotopic (exact) mass is 487 g/mol. The number of aromatic nitrogens is 5. The number of ether oxygens (including phenoxy) is 1. The van der Waals surface area contributed by atoms with Crippen LogP contribution in [-0.4, -0.2) is 38.4 Å². The molecule has 10 heteroatoms. The van der Waals surface area contributed by atoms with E-state index in [0.29, 0.717) is 29.8 Å². The summed E-state index contributed by atoms with van der Waals surface area (Å²) in [5, 5.41) is 11.0. The lowest BCUT2D eigenvalue weighted by Crippen LogP contribution is -2.13. The quantitative estimate of drug-likeness (QED) is 0.380. The number of methoxy groups -OCH3 is 1. The van der Waals surface area contributed by atoms with Gasteiger partial charge in [-0.2, -0.15) is 0 Å². The van der Waals surface area contributed by atoms with Gasteiger partial charge in [0.05, 0.1) is 24.3 Å². The van der Waals surface area contributed by atoms with Crippen LogP contribution in [0.3, 0.4) is 0 Å². The molecule has 0 saturated carbocycles. The van der Waals surface area contributed by atoms with Crippen molar-refractivity contribution in [3.63, 3.8) is 0 Å². The number of hydrogen-bond acceptors (Lipinski definition) is 7. The number of nitrogens with zero attached hydrogens (tertiary/aromatic N) is 4. The van der Waals surface area contributed by atoms with Gasteiger partial charge in [0.1, 0.15) is 10.7 Å². The number of thiophene rings is 1. The summed E-state index contributed by atoms with van der Waals surface area (Å²) < 4.78 is 7.31. The molecule has 7 nitrogen and oxygen atoms in total. The number of aryl methyl sites for hydroxylation is 2. The van der Waals surface area contributed by atoms with Crippen molar-refractivity contribution < 1.29 is 4.74 Å². The second kappa shape index (κ2) is 9.35. The van der Waals surface area contributed by atoms with Crippen LogP contribution in [0.1, 0.15) is 29.1 Å². The number of thioether (sulfide) groups is 1. The predicted octanol–water partition coefficient (Wildman–Crippen LogP) is 4.71. The van der Waals surface area contributed by atoms with Crippen molar-refractivity contribution in [1.29, 1.82) is 0 Å². The minimum absolute atomic E-state index is 0.0345. The molecule has 0 fully saturated rings. The Labute approximate surface area is 198 Å². The van der Waals surface area contributed by atoms with Crippen LogP contribution in [0.25, 0.3) is 21.6 Å². The second-order valence-electron chi connectivity index (χ2n) is 7.65. The van der Waals surface area contributed by atoms with Crippen LogP contribution in [0.5, 0.6) is 0 Å². The van der Waals surface area contributed by atoms with Crippen LogP contribution in [-0.2, 0) is 29.9 Å². The smallest absolute Gasteiger partial charge is 0.259 e. The van der Waals surface area contributed by atoms with Crippen molar-refractivity contribution in [2.45, 2.75) is 43.1 Å². The van der Waals surface area contributed by atoms with Gasteiger partial charge in [0.25, 0.3) is 5.56 Å². The average molecular weight is 488 g/mol. The Balaban J connectivity index is 1.42. The topological polar surface area (TPSA) is 85.7 Å². The Kier molecular flexibility index (Phi) is 6.32. The van der Waals surface area contributed by atoms with Crippen LogP contribution in [0.2, 0.25) is 5.02 Å². The van der Waals surface area contributed by atoms with E-state index >= 15 is 0 Å². The lowest BCUT2D eigenvalue weighted by atomic mass is 9.97. The molecule has 1 aromatic carbocycles. The molecule has 32 heavy (non-hydrogen) atoms. The van der Waals surface area contributed by atoms with E-state index in [2.05, 4.69) is 15.2 Å². The van der Waals surface area contributed by atoms with Crippen molar-refractivity contribution in [2.75, 3.05) is 13.7 Å². The molecule has 0 amide bonds. The predicted molar refractivity (Wildman–Crippen MR) is 129 cm³/mol. The number of nitrogens with one attached hydrogen (secondary N) is 1. The zero-order valence-electron chi connectivity index (χ0n) is 17.6. The van der Waals surface area contributed by atoms with E-state index in [1.54, 1.807) is 18.4 Å². The molecule has 1 N–H and O–H groups in total. The van der Waals surface area contributed by atoms with E-state index in [9.17, 15) is 4.79 Å². The number of benzene rings is 1. The highest BCUT2D eigenvalue weighted by Gasteiger charge is 2.20. The standard InChI is InChI=1S/C22H22ClN5O2S2/c1-30-11-10-28-19(13-6-8-14(23)9-7-13)26-27-22(28)31-12-17-24-20(29)18-15-4-2-3-5-16(15)32-21(18)25-17/h6-9H,2-5,10-12H2,1H3,(H,24,25,29). The van der Waals surface area contributed by atoms with Gasteiger partial charge in [0, 0.05) is 22.6 Å². The molecule has 1 aliphatic rings. The maximum absolute atomic E-state index is 12.8. The Hall–Kier alpha value is -2.20. The van der Waals surface area contributed by atoms with Crippen molar-refractivity contribution in [2.24, 2.45) is 0 Å². The third kappa shape index (κ3) is 4.22. The van der Waals surface area contributed by atoms with Crippen LogP contribution in [0, 0.1) is 0 Å². The Bertz CT molecular complexity index is 1310. The molecule has 0 radical (unpaired) electrons. The van der Waals surface area contributed by atoms with Gasteiger partial charge in [-0.05, 0) is 55.5 Å². The molecule has 166 valence electrons. The average Bonchev–Trinajstić information content (AvgIpc) is 3.38. The van der Waals surface area contributed by atoms with Crippen molar-refractivity contribution in [1.82, 2.24) is 24.7 Å². The highest BCUT2D eigenvalue weighted by molar-refractivity contribution is 7.98. The van der Waals surface area contributed by atoms with Gasteiger partial charge < -0.3 is 9.72 Å². The number of rotatable bonds is 7. The van der Waals surface area contributed by atoms with Gasteiger partial charge >= 0.3 is 0 Å². The van der Waals surface area contributed by atoms with Crippen molar-refractivity contribution in [3.05, 3.63) is 55.9 Å². The first-order valence-electron chi connectivity index (χ1n) is 10.5. The number of H-pyrrole nitrogens is 1. The normalized spacial score (nSPS) is 13.6. The molecule has 4 aromatic rings. The fourth-order valence-electron chi connectivity index (χ4n) is 4.00. The zero-order chi connectivity index (χ0) is 22.1. The Morgan fingerprint density at radius 1 is 1.22 bits per heavy atom. The maximum Gasteiger partial charge on any atom is 0.259 e. The van der Waals surface area contributed by atoms with Gasteiger partial charge in [-0.1, -0.05) is 23.4 Å². The summed E-state index contributed by atoms with van der Waals surface area (Å²) in [7, 11) is 1.67. The summed E-state index contributed by atoms with van der Waals surface area (Å²) in [5.74, 6) is 1.91. The summed E-state index contributed by atoms with van der Waals surface area (Å²) in [5.41, 5.74) is 2.10. The Morgan fingerprint density at radius 3 is 2.84 bits per heavy atom. The maximum atomic E-state index is 12.8.